The van der Waals surface area contributed by atoms with E-state index in [0.29, 0.717) is 0 Å². The normalized spacial score (nSPS) is 14.3. The van der Waals surface area contributed by atoms with Crippen molar-refractivity contribution in [3.8, 4) is 22.5 Å². The van der Waals surface area contributed by atoms with Gasteiger partial charge >= 0.3 is 20.4 Å². The fourth-order valence-electron chi connectivity index (χ4n) is 6.38. The predicted molar refractivity (Wildman–Crippen MR) is 161 cm³/mol. The Morgan fingerprint density at radius 2 is 0.878 bits per heavy atom. The topological polar surface area (TPSA) is 25.8 Å². The third kappa shape index (κ3) is 4.29. The van der Waals surface area contributed by atoms with E-state index in [4.69, 9.17) is 9.97 Å². The molecule has 0 N–H and O–H groups in total. The van der Waals surface area contributed by atoms with Crippen LogP contribution in [0.2, 0.25) is 0 Å². The molecular weight excluding hydrogens is 591 g/mol. The summed E-state index contributed by atoms with van der Waals surface area (Å²) in [6.45, 7) is 4.64. The van der Waals surface area contributed by atoms with Crippen molar-refractivity contribution < 1.29 is 20.4 Å². The van der Waals surface area contributed by atoms with Crippen LogP contribution in [0.4, 0.5) is 0 Å². The van der Waals surface area contributed by atoms with Crippen LogP contribution in [0.1, 0.15) is 47.5 Å². The zero-order valence-corrected chi connectivity index (χ0v) is 24.5. The Morgan fingerprint density at radius 3 is 1.29 bits per heavy atom. The number of benzene rings is 4. The first-order valence-corrected chi connectivity index (χ1v) is 13.7. The zero-order chi connectivity index (χ0) is 27.2. The second-order valence-electron chi connectivity index (χ2n) is 10.8. The molecule has 200 valence electrons. The molecule has 0 aliphatic heterocycles. The molecule has 41 heavy (non-hydrogen) atoms. The number of hydrogen-bond acceptors (Lipinski definition) is 2. The molecule has 0 atom stereocenters. The van der Waals surface area contributed by atoms with Gasteiger partial charge in [-0.05, 0) is 45.8 Å². The molecule has 4 aromatic carbocycles. The van der Waals surface area contributed by atoms with Crippen LogP contribution in [0.15, 0.2) is 133 Å². The van der Waals surface area contributed by atoms with E-state index in [0.717, 1.165) is 33.9 Å². The maximum absolute atomic E-state index is 5.38. The summed E-state index contributed by atoms with van der Waals surface area (Å²) in [6.07, 6.45) is 0. The average molecular weight is 619 g/mol. The van der Waals surface area contributed by atoms with E-state index >= 15 is 0 Å². The quantitative estimate of drug-likeness (QED) is 0.146. The van der Waals surface area contributed by atoms with Crippen LogP contribution in [-0.2, 0) is 31.3 Å². The Balaban J connectivity index is 0.00000302. The van der Waals surface area contributed by atoms with E-state index in [2.05, 4.69) is 123 Å². The van der Waals surface area contributed by atoms with Gasteiger partial charge in [-0.1, -0.05) is 86.6 Å². The SMILES string of the molecule is CC1(C)c2ccccc2C(c2cccc(-c3[c-]cccc3)n2)(c2cccc(-c3[c-]cccc3)n2)c2ccccc21.[Pd+2]. The van der Waals surface area contributed by atoms with Crippen molar-refractivity contribution in [3.63, 3.8) is 0 Å². The van der Waals surface area contributed by atoms with Crippen molar-refractivity contribution >= 4 is 0 Å². The van der Waals surface area contributed by atoms with Gasteiger partial charge in [-0.25, -0.2) is 0 Å². The van der Waals surface area contributed by atoms with Crippen LogP contribution < -0.4 is 0 Å². The molecule has 0 bridgehead atoms. The summed E-state index contributed by atoms with van der Waals surface area (Å²) < 4.78 is 0. The molecule has 0 amide bonds. The molecule has 1 aliphatic rings. The molecule has 3 heteroatoms. The third-order valence-electron chi connectivity index (χ3n) is 8.25. The van der Waals surface area contributed by atoms with E-state index in [-0.39, 0.29) is 25.8 Å². The first kappa shape index (κ1) is 27.0. The van der Waals surface area contributed by atoms with Crippen LogP contribution in [0.25, 0.3) is 22.5 Å². The van der Waals surface area contributed by atoms with E-state index < -0.39 is 5.41 Å². The molecule has 0 saturated heterocycles. The van der Waals surface area contributed by atoms with Crippen LogP contribution in [-0.4, -0.2) is 9.97 Å². The Bertz CT molecular complexity index is 1690. The van der Waals surface area contributed by atoms with Crippen molar-refractivity contribution in [3.05, 3.63) is 179 Å². The average Bonchev–Trinajstić information content (AvgIpc) is 3.03. The molecule has 0 saturated carbocycles. The summed E-state index contributed by atoms with van der Waals surface area (Å²) in [5, 5.41) is 0. The second-order valence-corrected chi connectivity index (χ2v) is 10.8. The fourth-order valence-corrected chi connectivity index (χ4v) is 6.38. The standard InChI is InChI=1S/C38H28N2.Pd/c1-37(2)29-19-9-11-21-31(29)38(32-22-12-10-20-30(32)37,35-25-13-23-33(39-35)27-15-5-3-6-16-27)36-26-14-24-34(40-36)28-17-7-4-8-18-28;/h3-15,17,19-26H,1-2H3;/q-2;+2. The van der Waals surface area contributed by atoms with Crippen LogP contribution in [0, 0.1) is 12.1 Å². The minimum atomic E-state index is -0.724. The summed E-state index contributed by atoms with van der Waals surface area (Å²) in [7, 11) is 0. The molecule has 6 aromatic rings. The number of fused-ring (bicyclic) bond motifs is 2. The molecule has 0 fully saturated rings. The van der Waals surface area contributed by atoms with Crippen LogP contribution in [0.3, 0.4) is 0 Å². The summed E-state index contributed by atoms with van der Waals surface area (Å²) in [4.78, 5) is 10.8. The Kier molecular flexibility index (Phi) is 7.04. The molecule has 2 aromatic heterocycles. The zero-order valence-electron chi connectivity index (χ0n) is 22.9. The van der Waals surface area contributed by atoms with Crippen molar-refractivity contribution in [2.45, 2.75) is 24.7 Å². The summed E-state index contributed by atoms with van der Waals surface area (Å²) in [6, 6.07) is 53.1. The Hall–Kier alpha value is -4.16. The molecule has 0 unspecified atom stereocenters. The number of nitrogens with zero attached hydrogens (tertiary/aromatic N) is 2. The van der Waals surface area contributed by atoms with Gasteiger partial charge in [0.25, 0.3) is 0 Å². The maximum atomic E-state index is 5.38. The Morgan fingerprint density at radius 1 is 0.463 bits per heavy atom. The number of rotatable bonds is 4. The molecule has 0 radical (unpaired) electrons. The maximum Gasteiger partial charge on any atom is 2.00 e. The van der Waals surface area contributed by atoms with Crippen molar-refractivity contribution in [1.82, 2.24) is 9.97 Å². The minimum Gasteiger partial charge on any atom is -0.300 e. The smallest absolute Gasteiger partial charge is 0.300 e. The molecule has 2 heterocycles. The van der Waals surface area contributed by atoms with Gasteiger partial charge in [0.15, 0.2) is 0 Å². The van der Waals surface area contributed by atoms with Gasteiger partial charge < -0.3 is 0 Å². The molecule has 0 spiro atoms. The van der Waals surface area contributed by atoms with Gasteiger partial charge in [-0.15, -0.1) is 71.8 Å². The molecule has 2 nitrogen and oxygen atoms in total. The number of pyridine rings is 2. The third-order valence-corrected chi connectivity index (χ3v) is 8.25. The van der Waals surface area contributed by atoms with Crippen LogP contribution >= 0.6 is 0 Å². The van der Waals surface area contributed by atoms with E-state index in [1.54, 1.807) is 0 Å². The molecule has 1 aliphatic carbocycles. The second kappa shape index (κ2) is 10.7. The fraction of sp³-hybridized carbons (Fsp3) is 0.105. The summed E-state index contributed by atoms with van der Waals surface area (Å²) in [5.74, 6) is 0. The minimum absolute atomic E-state index is 0. The van der Waals surface area contributed by atoms with E-state index in [9.17, 15) is 0 Å². The first-order chi connectivity index (χ1) is 19.6. The molecule has 7 rings (SSSR count). The van der Waals surface area contributed by atoms with Gasteiger partial charge in [-0.3, -0.25) is 9.97 Å². The summed E-state index contributed by atoms with van der Waals surface area (Å²) >= 11 is 0. The monoisotopic (exact) mass is 618 g/mol. The number of hydrogen-bond donors (Lipinski definition) is 0. The van der Waals surface area contributed by atoms with Gasteiger partial charge in [0.1, 0.15) is 5.41 Å². The summed E-state index contributed by atoms with van der Waals surface area (Å²) in [5.41, 5.74) is 9.69. The van der Waals surface area contributed by atoms with Crippen molar-refractivity contribution in [1.29, 1.82) is 0 Å². The predicted octanol–water partition coefficient (Wildman–Crippen LogP) is 8.43. The van der Waals surface area contributed by atoms with Gasteiger partial charge in [0.2, 0.25) is 0 Å². The first-order valence-electron chi connectivity index (χ1n) is 13.7. The van der Waals surface area contributed by atoms with Gasteiger partial charge in [0, 0.05) is 5.41 Å². The van der Waals surface area contributed by atoms with Crippen molar-refractivity contribution in [2.24, 2.45) is 0 Å². The molecular formula is C38H28N2Pd. The van der Waals surface area contributed by atoms with Gasteiger partial charge in [-0.2, -0.15) is 0 Å². The Labute approximate surface area is 255 Å². The largest absolute Gasteiger partial charge is 2.00 e. The number of aromatic nitrogens is 2. The van der Waals surface area contributed by atoms with Crippen LogP contribution in [0.5, 0.6) is 0 Å². The van der Waals surface area contributed by atoms with Gasteiger partial charge in [0.05, 0.1) is 11.4 Å². The van der Waals surface area contributed by atoms with Crippen molar-refractivity contribution in [2.75, 3.05) is 0 Å². The van der Waals surface area contributed by atoms with E-state index in [1.807, 2.05) is 36.4 Å². The van der Waals surface area contributed by atoms with E-state index in [1.165, 1.54) is 22.3 Å².